The Morgan fingerprint density at radius 2 is 1.12 bits per heavy atom. The Balaban J connectivity index is 1.15. The molecule has 3 aliphatic heterocycles. The van der Waals surface area contributed by atoms with Crippen molar-refractivity contribution in [2.24, 2.45) is 17.4 Å². The number of unbranched alkanes of at least 4 members (excludes halogenated alkanes) is 2. The van der Waals surface area contributed by atoms with E-state index in [9.17, 15) is 62.8 Å². The topological polar surface area (TPSA) is 573 Å². The average Bonchev–Trinajstić information content (AvgIpc) is 1.15. The third kappa shape index (κ3) is 30.2. The summed E-state index contributed by atoms with van der Waals surface area (Å²) in [6.07, 6.45) is -5.17. The van der Waals surface area contributed by atoms with Crippen LogP contribution in [-0.4, -0.2) is 307 Å². The number of para-hydroxylation sites is 1. The number of carboxylic acid groups (broad SMARTS) is 2. The first-order valence-corrected chi connectivity index (χ1v) is 45.9. The predicted octanol–water partition coefficient (Wildman–Crippen LogP) is 0.155. The minimum Gasteiger partial charge on any atom is -0.508 e. The molecule has 0 radical (unpaired) electrons. The summed E-state index contributed by atoms with van der Waals surface area (Å²) < 4.78 is 65.7. The highest BCUT2D eigenvalue weighted by Crippen LogP contribution is 2.28. The standard InChI is InChI=1S/C93H117F4N17O22S/c1-7-8-21-70-92(134)114-46-58(116)42-72(114)87(129)107-67(43-78(121)122)85(127)109-80(50(2)3)93(135)111(5)71(39-51-16-10-9-11-17-51)86(128)104-64(30-31-77(119)120)90(132)113-33-34-136-47-74(113)88(130)106-66(41-55-44-100-62-19-13-12-18-59(55)62)84(126)105-65(37-52-24-28-57(115)29-25-52)83(125)103-63(20-14-15-32-98)82(124)108-69(81(123)101-45-75(99)117)48-137-49-76(118)102-68(38-54-35-60(95)79(97)61(96)36-54)89(131)112(6)73(91(133)110(70)4)40-53-22-26-56(94)27-23-53/h9-13,16-19,22-29,35-36,44,50,58,63-74,80,100,115-116H,7-8,14-15,20-21,30-34,37-43,45-49,98H2,1-6H3,(H2,99,117)(H,101,123)(H,102,118)(H,103,125)(H,104,128)(H,105,126)(H,106,130)(H,107,129)(H,108,124)(H,109,127)(H,119,120)(H,121,122)/t58-,63+,64+,65+,66-,67+,68+,69+,70+,71+,72-,73+,74-,80-/m1/s1. The number of aliphatic hydroxyl groups excluding tert-OH is 1. The lowest BCUT2D eigenvalue weighted by atomic mass is 9.98. The van der Waals surface area contributed by atoms with Gasteiger partial charge in [0.2, 0.25) is 88.6 Å². The van der Waals surface area contributed by atoms with Gasteiger partial charge >= 0.3 is 11.9 Å². The van der Waals surface area contributed by atoms with Crippen molar-refractivity contribution in [3.63, 3.8) is 0 Å². The lowest BCUT2D eigenvalue weighted by Gasteiger charge is -2.38. The van der Waals surface area contributed by atoms with Crippen LogP contribution >= 0.6 is 11.8 Å². The van der Waals surface area contributed by atoms with E-state index < -0.39 is 303 Å². The number of aliphatic carboxylic acids is 2. The van der Waals surface area contributed by atoms with Crippen LogP contribution in [0.2, 0.25) is 0 Å². The summed E-state index contributed by atoms with van der Waals surface area (Å²) in [6.45, 7) is 2.10. The number of carbonyl (C=O) groups is 17. The van der Waals surface area contributed by atoms with Crippen molar-refractivity contribution < 1.29 is 124 Å². The number of aromatic hydroxyl groups is 1. The Morgan fingerprint density at radius 1 is 0.547 bits per heavy atom. The lowest BCUT2D eigenvalue weighted by Crippen LogP contribution is -2.64. The number of nitrogens with zero attached hydrogens (tertiary/aromatic N) is 5. The molecule has 740 valence electrons. The number of hydrogen-bond donors (Lipinski definition) is 16. The van der Waals surface area contributed by atoms with E-state index in [2.05, 4.69) is 52.8 Å². The van der Waals surface area contributed by atoms with Gasteiger partial charge in [-0.25, -0.2) is 17.6 Å². The monoisotopic (exact) mass is 1930 g/mol. The number of hydrogen-bond acceptors (Lipinski definition) is 22. The van der Waals surface area contributed by atoms with E-state index in [1.165, 1.54) is 64.3 Å². The molecule has 18 N–H and O–H groups in total. The van der Waals surface area contributed by atoms with Crippen LogP contribution in [-0.2, 0) is 118 Å². The maximum Gasteiger partial charge on any atom is 0.305 e. The molecule has 3 aliphatic rings. The first-order chi connectivity index (χ1) is 65.1. The van der Waals surface area contributed by atoms with Crippen LogP contribution in [0, 0.1) is 29.2 Å². The molecule has 0 aliphatic carbocycles. The smallest absolute Gasteiger partial charge is 0.305 e. The van der Waals surface area contributed by atoms with Gasteiger partial charge < -0.3 is 114 Å². The van der Waals surface area contributed by atoms with Crippen molar-refractivity contribution in [2.75, 3.05) is 72.0 Å². The van der Waals surface area contributed by atoms with Crippen molar-refractivity contribution in [3.05, 3.63) is 173 Å². The maximum absolute atomic E-state index is 15.7. The molecule has 137 heavy (non-hydrogen) atoms. The number of phenolic OH excluding ortho intramolecular Hbond substituents is 1. The first-order valence-electron chi connectivity index (χ1n) is 44.8. The molecule has 9 rings (SSSR count). The largest absolute Gasteiger partial charge is 0.508 e. The number of nitrogens with two attached hydrogens (primary N) is 2. The van der Waals surface area contributed by atoms with Gasteiger partial charge in [-0.15, -0.1) is 11.8 Å². The quantitative estimate of drug-likeness (QED) is 0.0195. The summed E-state index contributed by atoms with van der Waals surface area (Å²) in [4.78, 5) is 258. The van der Waals surface area contributed by atoms with Crippen molar-refractivity contribution in [3.8, 4) is 5.75 Å². The number of fused-ring (bicyclic) bond motifs is 3. The summed E-state index contributed by atoms with van der Waals surface area (Å²) >= 11 is 0.608. The molecule has 39 nitrogen and oxygen atoms in total. The zero-order valence-corrected chi connectivity index (χ0v) is 77.2. The average molecular weight is 1930 g/mol. The van der Waals surface area contributed by atoms with Crippen molar-refractivity contribution >= 4 is 123 Å². The number of benzene rings is 5. The number of aromatic nitrogens is 1. The number of primary amides is 1. The molecule has 3 fully saturated rings. The van der Waals surface area contributed by atoms with Gasteiger partial charge in [0.15, 0.2) is 17.5 Å². The van der Waals surface area contributed by atoms with Crippen LogP contribution in [0.3, 0.4) is 0 Å². The molecule has 15 amide bonds. The fourth-order valence-corrected chi connectivity index (χ4v) is 17.2. The van der Waals surface area contributed by atoms with Crippen LogP contribution in [0.4, 0.5) is 17.6 Å². The number of likely N-dealkylation sites (N-methyl/N-ethyl adjacent to an activating group) is 3. The normalized spacial score (nSPS) is 23.8. The van der Waals surface area contributed by atoms with E-state index in [-0.39, 0.29) is 69.4 Å². The highest BCUT2D eigenvalue weighted by atomic mass is 32.2. The molecule has 0 spiro atoms. The van der Waals surface area contributed by atoms with E-state index in [1.807, 2.05) is 0 Å². The molecule has 3 saturated heterocycles. The van der Waals surface area contributed by atoms with Gasteiger partial charge in [0.1, 0.15) is 90.1 Å². The number of rotatable bonds is 26. The van der Waals surface area contributed by atoms with Gasteiger partial charge in [0.25, 0.3) is 0 Å². The van der Waals surface area contributed by atoms with Gasteiger partial charge in [-0.2, -0.15) is 0 Å². The third-order valence-corrected chi connectivity index (χ3v) is 24.9. The summed E-state index contributed by atoms with van der Waals surface area (Å²) in [7, 11) is 3.43. The van der Waals surface area contributed by atoms with Crippen LogP contribution in [0.25, 0.3) is 10.9 Å². The highest BCUT2D eigenvalue weighted by molar-refractivity contribution is 8.00. The second-order valence-electron chi connectivity index (χ2n) is 34.3. The fourth-order valence-electron chi connectivity index (χ4n) is 16.3. The molecule has 5 aromatic carbocycles. The SMILES string of the molecule is CCCC[C@H]1C(=O)N2C[C@H](O)C[C@@H]2C(=O)N[C@@H](CC(=O)O)C(=O)N[C@H](C(C)C)C(=O)N(C)[C@@H](Cc2ccccc2)C(=O)N[C@@H](CCC(=O)O)C(=O)N2CCOC[C@@H]2C(=O)N[C@H](Cc2c[nH]c3ccccc23)C(=O)N[C@@H](Cc2ccc(O)cc2)C(=O)N[C@@H](CCCCN)C(=O)N[C@H](C(=O)NCC(N)=O)CSCC(=O)N[C@@H](Cc2cc(F)c(F)c(F)c2)C(=O)N(C)[C@@H](Cc2ccc(F)cc2)C(=O)N1C. The number of aromatic amines is 1. The number of amides is 15. The molecular formula is C93H117F4N17O22S. The van der Waals surface area contributed by atoms with E-state index >= 15 is 56.7 Å². The first kappa shape index (κ1) is 107. The second kappa shape index (κ2) is 50.8. The van der Waals surface area contributed by atoms with Crippen LogP contribution in [0.15, 0.2) is 121 Å². The van der Waals surface area contributed by atoms with Gasteiger partial charge in [0.05, 0.1) is 38.0 Å². The maximum atomic E-state index is 15.7. The Labute approximate surface area is 790 Å². The number of thioether (sulfide) groups is 1. The predicted molar refractivity (Wildman–Crippen MR) is 488 cm³/mol. The number of nitrogens with one attached hydrogen (secondary N) is 10. The molecule has 6 aromatic rings. The Morgan fingerprint density at radius 3 is 1.77 bits per heavy atom. The van der Waals surface area contributed by atoms with E-state index in [1.54, 1.807) is 67.7 Å². The van der Waals surface area contributed by atoms with Gasteiger partial charge in [-0.1, -0.05) is 106 Å². The molecule has 0 unspecified atom stereocenters. The number of aliphatic hydroxyl groups is 1. The molecule has 4 heterocycles. The number of ether oxygens (including phenoxy) is 1. The number of morpholine rings is 1. The van der Waals surface area contributed by atoms with E-state index in [0.29, 0.717) is 57.9 Å². The second-order valence-corrected chi connectivity index (χ2v) is 35.3. The van der Waals surface area contributed by atoms with Crippen LogP contribution < -0.4 is 59.3 Å². The van der Waals surface area contributed by atoms with Crippen molar-refractivity contribution in [2.45, 2.75) is 202 Å². The van der Waals surface area contributed by atoms with Gasteiger partial charge in [0, 0.05) is 102 Å². The zero-order valence-electron chi connectivity index (χ0n) is 76.4. The number of phenols is 1. The Bertz CT molecular complexity index is 5310. The number of H-pyrrole nitrogens is 1. The minimum atomic E-state index is -2.09. The van der Waals surface area contributed by atoms with Crippen molar-refractivity contribution in [1.29, 1.82) is 0 Å². The van der Waals surface area contributed by atoms with E-state index in [4.69, 9.17) is 16.2 Å². The third-order valence-electron chi connectivity index (χ3n) is 23.9. The van der Waals surface area contributed by atoms with Gasteiger partial charge in [-0.3, -0.25) is 81.5 Å². The summed E-state index contributed by atoms with van der Waals surface area (Å²) in [5.74, 6) is -28.2. The molecule has 44 heteroatoms. The zero-order chi connectivity index (χ0) is 100. The molecular weight excluding hydrogens is 1820 g/mol. The summed E-state index contributed by atoms with van der Waals surface area (Å²) in [5, 5.41) is 65.8. The van der Waals surface area contributed by atoms with Crippen molar-refractivity contribution in [1.82, 2.24) is 77.3 Å². The molecule has 14 atom stereocenters. The highest BCUT2D eigenvalue weighted by Gasteiger charge is 2.48. The molecule has 1 aromatic heterocycles. The summed E-state index contributed by atoms with van der Waals surface area (Å²) in [6, 6.07) is 2.94. The van der Waals surface area contributed by atoms with Gasteiger partial charge in [-0.05, 0) is 115 Å². The lowest BCUT2D eigenvalue weighted by molar-refractivity contribution is -0.152. The Kier molecular flexibility index (Phi) is 39.7. The molecule has 0 saturated carbocycles. The number of carbonyl (C=O) groups excluding carboxylic acids is 15. The van der Waals surface area contributed by atoms with Crippen LogP contribution in [0.5, 0.6) is 5.75 Å². The number of halogens is 4. The number of carboxylic acids is 2. The fraction of sp³-hybridized carbons (Fsp3) is 0.473. The molecule has 0 bridgehead atoms. The summed E-state index contributed by atoms with van der Waals surface area (Å²) in [5.41, 5.74) is 12.8. The minimum absolute atomic E-state index is 0.0636. The Hall–Kier alpha value is -13.6. The van der Waals surface area contributed by atoms with Crippen LogP contribution in [0.1, 0.15) is 113 Å². The van der Waals surface area contributed by atoms with E-state index in [0.717, 1.165) is 43.7 Å².